The number of benzene rings is 4. The normalized spacial score (nSPS) is 14.2. The Morgan fingerprint density at radius 2 is 1.73 bits per heavy atom. The van der Waals surface area contributed by atoms with Crippen molar-refractivity contribution in [3.05, 3.63) is 111 Å². The zero-order valence-electron chi connectivity index (χ0n) is 20.3. The molecule has 0 atom stereocenters. The molecule has 0 N–H and O–H groups in total. The number of carbonyl (C=O) groups is 2. The van der Waals surface area contributed by atoms with E-state index < -0.39 is 11.8 Å². The van der Waals surface area contributed by atoms with Crippen molar-refractivity contribution in [1.82, 2.24) is 5.01 Å². The number of methoxy groups -OCH3 is 1. The standard InChI is InChI=1S/C30H23IN2O4/c1-19-25(30(35)33(32-19)29(34)22-10-4-3-5-11-22)15-20-16-26(31)28(27(17-20)36-2)37-18-23-13-8-12-21-9-6-7-14-24(21)23/h3-17H,18H2,1-2H3/b25-15+. The van der Waals surface area contributed by atoms with Crippen molar-refractivity contribution in [3.63, 3.8) is 0 Å². The molecule has 0 bridgehead atoms. The molecule has 2 amide bonds. The Morgan fingerprint density at radius 3 is 2.51 bits per heavy atom. The quantitative estimate of drug-likeness (QED) is 0.144. The van der Waals surface area contributed by atoms with Crippen LogP contribution in [-0.2, 0) is 11.4 Å². The van der Waals surface area contributed by atoms with Crippen molar-refractivity contribution in [2.24, 2.45) is 5.10 Å². The average Bonchev–Trinajstić information content (AvgIpc) is 3.20. The summed E-state index contributed by atoms with van der Waals surface area (Å²) in [7, 11) is 1.58. The third-order valence-corrected chi connectivity index (χ3v) is 6.89. The first-order valence-corrected chi connectivity index (χ1v) is 12.7. The lowest BCUT2D eigenvalue weighted by Crippen LogP contribution is -2.29. The van der Waals surface area contributed by atoms with E-state index >= 15 is 0 Å². The molecule has 5 rings (SSSR count). The highest BCUT2D eigenvalue weighted by molar-refractivity contribution is 14.1. The zero-order chi connectivity index (χ0) is 25.9. The first-order chi connectivity index (χ1) is 18.0. The van der Waals surface area contributed by atoms with E-state index in [0.29, 0.717) is 35.0 Å². The number of imide groups is 1. The number of hydrazone groups is 1. The fraction of sp³-hybridized carbons (Fsp3) is 0.100. The highest BCUT2D eigenvalue weighted by Crippen LogP contribution is 2.36. The molecule has 0 unspecified atom stereocenters. The van der Waals surface area contributed by atoms with Gasteiger partial charge in [-0.3, -0.25) is 9.59 Å². The summed E-state index contributed by atoms with van der Waals surface area (Å²) in [6.45, 7) is 2.10. The number of rotatable bonds is 6. The molecule has 0 saturated carbocycles. The van der Waals surface area contributed by atoms with Crippen LogP contribution in [0.3, 0.4) is 0 Å². The predicted octanol–water partition coefficient (Wildman–Crippen LogP) is 6.47. The van der Waals surface area contributed by atoms with Gasteiger partial charge in [0.05, 0.1) is 22.0 Å². The second-order valence-electron chi connectivity index (χ2n) is 8.49. The maximum atomic E-state index is 13.1. The van der Waals surface area contributed by atoms with Crippen LogP contribution in [0.2, 0.25) is 0 Å². The van der Waals surface area contributed by atoms with Gasteiger partial charge in [-0.1, -0.05) is 60.7 Å². The van der Waals surface area contributed by atoms with E-state index in [4.69, 9.17) is 9.47 Å². The molecule has 1 aliphatic heterocycles. The molecular formula is C30H23IN2O4. The molecule has 1 aliphatic rings. The number of hydrogen-bond donors (Lipinski definition) is 0. The summed E-state index contributed by atoms with van der Waals surface area (Å²) in [5.74, 6) is 0.257. The second-order valence-corrected chi connectivity index (χ2v) is 9.65. The monoisotopic (exact) mass is 602 g/mol. The SMILES string of the molecule is COc1cc(/C=C2/C(=O)N(C(=O)c3ccccc3)N=C2C)cc(I)c1OCc1cccc2ccccc12. The van der Waals surface area contributed by atoms with Crippen molar-refractivity contribution >= 4 is 57.0 Å². The Hall–Kier alpha value is -3.98. The summed E-state index contributed by atoms with van der Waals surface area (Å²) in [4.78, 5) is 25.9. The lowest BCUT2D eigenvalue weighted by molar-refractivity contribution is -0.123. The van der Waals surface area contributed by atoms with E-state index in [1.54, 1.807) is 44.4 Å². The van der Waals surface area contributed by atoms with Crippen LogP contribution in [0.15, 0.2) is 95.6 Å². The Morgan fingerprint density at radius 1 is 1.00 bits per heavy atom. The van der Waals surface area contributed by atoms with Crippen LogP contribution in [0.5, 0.6) is 11.5 Å². The molecule has 37 heavy (non-hydrogen) atoms. The van der Waals surface area contributed by atoms with Crippen molar-refractivity contribution in [3.8, 4) is 11.5 Å². The van der Waals surface area contributed by atoms with Crippen LogP contribution < -0.4 is 9.47 Å². The first kappa shape index (κ1) is 24.7. The van der Waals surface area contributed by atoms with Gasteiger partial charge in [-0.15, -0.1) is 0 Å². The lowest BCUT2D eigenvalue weighted by atomic mass is 10.1. The third kappa shape index (κ3) is 4.99. The smallest absolute Gasteiger partial charge is 0.283 e. The summed E-state index contributed by atoms with van der Waals surface area (Å²) in [6.07, 6.45) is 1.72. The number of fused-ring (bicyclic) bond motifs is 1. The van der Waals surface area contributed by atoms with Crippen molar-refractivity contribution in [2.75, 3.05) is 7.11 Å². The molecule has 0 aromatic heterocycles. The van der Waals surface area contributed by atoms with E-state index in [1.165, 1.54) is 0 Å². The molecule has 7 heteroatoms. The summed E-state index contributed by atoms with van der Waals surface area (Å²) in [5, 5.41) is 7.44. The summed E-state index contributed by atoms with van der Waals surface area (Å²) >= 11 is 2.20. The molecule has 0 fully saturated rings. The first-order valence-electron chi connectivity index (χ1n) is 11.6. The largest absolute Gasteiger partial charge is 0.493 e. The Labute approximate surface area is 228 Å². The van der Waals surface area contributed by atoms with Crippen LogP contribution in [-0.4, -0.2) is 29.6 Å². The molecule has 0 saturated heterocycles. The highest BCUT2D eigenvalue weighted by atomic mass is 127. The number of carbonyl (C=O) groups excluding carboxylic acids is 2. The molecule has 1 heterocycles. The Bertz CT molecular complexity index is 1570. The van der Waals surface area contributed by atoms with Gasteiger partial charge < -0.3 is 9.47 Å². The van der Waals surface area contributed by atoms with Gasteiger partial charge in [0.2, 0.25) is 0 Å². The number of amides is 2. The fourth-order valence-electron chi connectivity index (χ4n) is 4.22. The van der Waals surface area contributed by atoms with Crippen molar-refractivity contribution < 1.29 is 19.1 Å². The molecule has 184 valence electrons. The number of ether oxygens (including phenoxy) is 2. The highest BCUT2D eigenvalue weighted by Gasteiger charge is 2.33. The molecule has 0 aliphatic carbocycles. The van der Waals surface area contributed by atoms with E-state index in [1.807, 2.05) is 36.4 Å². The average molecular weight is 602 g/mol. The molecule has 4 aromatic rings. The zero-order valence-corrected chi connectivity index (χ0v) is 22.4. The Balaban J connectivity index is 1.40. The van der Waals surface area contributed by atoms with E-state index in [2.05, 4.69) is 52.0 Å². The topological polar surface area (TPSA) is 68.2 Å². The van der Waals surface area contributed by atoms with Crippen molar-refractivity contribution in [2.45, 2.75) is 13.5 Å². The van der Waals surface area contributed by atoms with Gasteiger partial charge in [-0.25, -0.2) is 0 Å². The van der Waals surface area contributed by atoms with Crippen LogP contribution in [0, 0.1) is 3.57 Å². The minimum Gasteiger partial charge on any atom is -0.493 e. The third-order valence-electron chi connectivity index (χ3n) is 6.09. The number of nitrogens with zero attached hydrogens (tertiary/aromatic N) is 2. The molecule has 0 radical (unpaired) electrons. The van der Waals surface area contributed by atoms with Gasteiger partial charge in [-0.05, 0) is 81.8 Å². The van der Waals surface area contributed by atoms with Gasteiger partial charge in [0, 0.05) is 5.56 Å². The maximum Gasteiger partial charge on any atom is 0.283 e. The minimum absolute atomic E-state index is 0.353. The molecule has 4 aromatic carbocycles. The Kier molecular flexibility index (Phi) is 7.05. The van der Waals surface area contributed by atoms with Gasteiger partial charge >= 0.3 is 0 Å². The van der Waals surface area contributed by atoms with Crippen LogP contribution in [0.1, 0.15) is 28.4 Å². The number of halogens is 1. The summed E-state index contributed by atoms with van der Waals surface area (Å²) in [6, 6.07) is 26.7. The van der Waals surface area contributed by atoms with E-state index in [9.17, 15) is 9.59 Å². The van der Waals surface area contributed by atoms with Gasteiger partial charge in [0.15, 0.2) is 11.5 Å². The van der Waals surface area contributed by atoms with E-state index in [-0.39, 0.29) is 0 Å². The fourth-order valence-corrected chi connectivity index (χ4v) is 5.00. The second kappa shape index (κ2) is 10.6. The van der Waals surface area contributed by atoms with Gasteiger partial charge in [0.25, 0.3) is 11.8 Å². The summed E-state index contributed by atoms with van der Waals surface area (Å²) in [5.41, 5.74) is 3.04. The number of hydrogen-bond acceptors (Lipinski definition) is 5. The molecule has 0 spiro atoms. The van der Waals surface area contributed by atoms with Crippen LogP contribution in [0.25, 0.3) is 16.8 Å². The molecule has 6 nitrogen and oxygen atoms in total. The van der Waals surface area contributed by atoms with Crippen LogP contribution >= 0.6 is 22.6 Å². The predicted molar refractivity (Wildman–Crippen MR) is 153 cm³/mol. The van der Waals surface area contributed by atoms with Crippen LogP contribution in [0.4, 0.5) is 0 Å². The molecular weight excluding hydrogens is 579 g/mol. The van der Waals surface area contributed by atoms with E-state index in [0.717, 1.165) is 30.5 Å². The minimum atomic E-state index is -0.461. The summed E-state index contributed by atoms with van der Waals surface area (Å²) < 4.78 is 12.7. The van der Waals surface area contributed by atoms with Gasteiger partial charge in [0.1, 0.15) is 6.61 Å². The van der Waals surface area contributed by atoms with Crippen molar-refractivity contribution in [1.29, 1.82) is 0 Å². The van der Waals surface area contributed by atoms with Gasteiger partial charge in [-0.2, -0.15) is 10.1 Å². The lowest BCUT2D eigenvalue weighted by Gasteiger charge is -2.15. The maximum absolute atomic E-state index is 13.1.